The van der Waals surface area contributed by atoms with Crippen LogP contribution < -0.4 is 0 Å². The van der Waals surface area contributed by atoms with Gasteiger partial charge in [-0.2, -0.15) is 0 Å². The second kappa shape index (κ2) is 7.71. The van der Waals surface area contributed by atoms with Gasteiger partial charge in [0.05, 0.1) is 0 Å². The van der Waals surface area contributed by atoms with E-state index in [0.29, 0.717) is 0 Å². The van der Waals surface area contributed by atoms with Crippen LogP contribution in [-0.4, -0.2) is 0 Å². The van der Waals surface area contributed by atoms with Crippen molar-refractivity contribution in [2.75, 3.05) is 0 Å². The van der Waals surface area contributed by atoms with Crippen molar-refractivity contribution in [2.45, 2.75) is 40.5 Å². The highest BCUT2D eigenvalue weighted by atomic mass is 13.9. The van der Waals surface area contributed by atoms with E-state index in [1.165, 1.54) is 22.3 Å². The van der Waals surface area contributed by atoms with E-state index in [0.717, 1.165) is 12.8 Å². The SMILES string of the molecule is CCc1ccc(CC)cc1.Cc1ccccc1C. The van der Waals surface area contributed by atoms with Crippen LogP contribution in [0.1, 0.15) is 36.1 Å². The van der Waals surface area contributed by atoms with Gasteiger partial charge in [0.1, 0.15) is 0 Å². The lowest BCUT2D eigenvalue weighted by molar-refractivity contribution is 1.10. The van der Waals surface area contributed by atoms with Crippen molar-refractivity contribution in [1.29, 1.82) is 0 Å². The maximum absolute atomic E-state index is 2.21. The number of hydrogen-bond donors (Lipinski definition) is 0. The van der Waals surface area contributed by atoms with Crippen LogP contribution >= 0.6 is 0 Å². The molecule has 18 heavy (non-hydrogen) atoms. The smallest absolute Gasteiger partial charge is 0.0307 e. The first-order chi connectivity index (χ1) is 8.67. The Morgan fingerprint density at radius 1 is 0.611 bits per heavy atom. The fourth-order valence-corrected chi connectivity index (χ4v) is 1.67. The van der Waals surface area contributed by atoms with Crippen molar-refractivity contribution in [2.24, 2.45) is 0 Å². The molecular formula is C18H24. The van der Waals surface area contributed by atoms with Crippen LogP contribution in [0, 0.1) is 13.8 Å². The van der Waals surface area contributed by atoms with Gasteiger partial charge in [-0.1, -0.05) is 62.4 Å². The molecule has 0 atom stereocenters. The predicted molar refractivity (Wildman–Crippen MR) is 81.1 cm³/mol. The topological polar surface area (TPSA) is 0 Å². The lowest BCUT2D eigenvalue weighted by Crippen LogP contribution is -1.81. The number of aryl methyl sites for hydroxylation is 4. The third-order valence-electron chi connectivity index (χ3n) is 3.27. The van der Waals surface area contributed by atoms with Crippen molar-refractivity contribution in [1.82, 2.24) is 0 Å². The van der Waals surface area contributed by atoms with Gasteiger partial charge >= 0.3 is 0 Å². The fourth-order valence-electron chi connectivity index (χ4n) is 1.67. The minimum atomic E-state index is 1.14. The standard InChI is InChI=1S/C10H14.C8H10/c1-3-9-5-7-10(4-2)8-6-9;1-7-5-3-4-6-8(7)2/h5-8H,3-4H2,1-2H3;3-6H,1-2H3. The quantitative estimate of drug-likeness (QED) is 0.684. The first-order valence-electron chi connectivity index (χ1n) is 6.77. The van der Waals surface area contributed by atoms with Crippen LogP contribution in [0.5, 0.6) is 0 Å². The summed E-state index contributed by atoms with van der Waals surface area (Å²) < 4.78 is 0. The second-order valence-corrected chi connectivity index (χ2v) is 4.61. The largest absolute Gasteiger partial charge is 0.0620 e. The summed E-state index contributed by atoms with van der Waals surface area (Å²) >= 11 is 0. The molecule has 0 saturated heterocycles. The van der Waals surface area contributed by atoms with Crippen molar-refractivity contribution in [3.63, 3.8) is 0 Å². The zero-order chi connectivity index (χ0) is 13.4. The zero-order valence-corrected chi connectivity index (χ0v) is 12.0. The van der Waals surface area contributed by atoms with Gasteiger partial charge in [-0.05, 0) is 48.9 Å². The predicted octanol–water partition coefficient (Wildman–Crippen LogP) is 5.11. The van der Waals surface area contributed by atoms with E-state index in [-0.39, 0.29) is 0 Å². The van der Waals surface area contributed by atoms with Crippen molar-refractivity contribution >= 4 is 0 Å². The highest BCUT2D eigenvalue weighted by Gasteiger charge is 1.88. The Hall–Kier alpha value is -1.56. The van der Waals surface area contributed by atoms with E-state index in [2.05, 4.69) is 76.2 Å². The summed E-state index contributed by atoms with van der Waals surface area (Å²) in [7, 11) is 0. The number of benzene rings is 2. The van der Waals surface area contributed by atoms with Gasteiger partial charge in [-0.3, -0.25) is 0 Å². The van der Waals surface area contributed by atoms with Gasteiger partial charge in [-0.25, -0.2) is 0 Å². The molecule has 96 valence electrons. The molecule has 0 N–H and O–H groups in total. The van der Waals surface area contributed by atoms with Crippen LogP contribution in [0.15, 0.2) is 48.5 Å². The normalized spacial score (nSPS) is 9.56. The summed E-state index contributed by atoms with van der Waals surface area (Å²) in [6, 6.07) is 17.2. The summed E-state index contributed by atoms with van der Waals surface area (Å²) in [5.74, 6) is 0. The Kier molecular flexibility index (Phi) is 6.21. The van der Waals surface area contributed by atoms with Crippen LogP contribution in [0.25, 0.3) is 0 Å². The third-order valence-corrected chi connectivity index (χ3v) is 3.27. The molecule has 0 amide bonds. The van der Waals surface area contributed by atoms with Crippen molar-refractivity contribution in [3.8, 4) is 0 Å². The minimum absolute atomic E-state index is 1.14. The molecule has 0 nitrogen and oxygen atoms in total. The molecule has 2 rings (SSSR count). The van der Waals surface area contributed by atoms with Crippen molar-refractivity contribution in [3.05, 3.63) is 70.8 Å². The van der Waals surface area contributed by atoms with Gasteiger partial charge in [0, 0.05) is 0 Å². The Morgan fingerprint density at radius 3 is 1.17 bits per heavy atom. The maximum atomic E-state index is 2.21. The van der Waals surface area contributed by atoms with E-state index >= 15 is 0 Å². The molecule has 0 spiro atoms. The van der Waals surface area contributed by atoms with E-state index in [9.17, 15) is 0 Å². The molecule has 0 bridgehead atoms. The summed E-state index contributed by atoms with van der Waals surface area (Å²) in [5.41, 5.74) is 5.59. The van der Waals surface area contributed by atoms with Crippen LogP contribution in [0.3, 0.4) is 0 Å². The molecule has 0 unspecified atom stereocenters. The Labute approximate surface area is 112 Å². The average molecular weight is 240 g/mol. The Morgan fingerprint density at radius 2 is 0.944 bits per heavy atom. The van der Waals surface area contributed by atoms with Gasteiger partial charge in [-0.15, -0.1) is 0 Å². The monoisotopic (exact) mass is 240 g/mol. The lowest BCUT2D eigenvalue weighted by atomic mass is 10.1. The molecule has 0 aliphatic heterocycles. The van der Waals surface area contributed by atoms with Crippen LogP contribution in [-0.2, 0) is 12.8 Å². The molecule has 0 aliphatic rings. The zero-order valence-electron chi connectivity index (χ0n) is 12.0. The minimum Gasteiger partial charge on any atom is -0.0620 e. The first-order valence-corrected chi connectivity index (χ1v) is 6.77. The first kappa shape index (κ1) is 14.5. The molecule has 0 saturated carbocycles. The second-order valence-electron chi connectivity index (χ2n) is 4.61. The lowest BCUT2D eigenvalue weighted by Gasteiger charge is -1.97. The van der Waals surface area contributed by atoms with Gasteiger partial charge in [0.25, 0.3) is 0 Å². The van der Waals surface area contributed by atoms with E-state index < -0.39 is 0 Å². The molecular weight excluding hydrogens is 216 g/mol. The highest BCUT2D eigenvalue weighted by Crippen LogP contribution is 2.04. The third kappa shape index (κ3) is 4.75. The van der Waals surface area contributed by atoms with E-state index in [4.69, 9.17) is 0 Å². The maximum Gasteiger partial charge on any atom is -0.0307 e. The average Bonchev–Trinajstić information content (AvgIpc) is 2.43. The molecule has 0 heterocycles. The van der Waals surface area contributed by atoms with Crippen LogP contribution in [0.4, 0.5) is 0 Å². The van der Waals surface area contributed by atoms with E-state index in [1.807, 2.05) is 0 Å². The Balaban J connectivity index is 0.000000184. The molecule has 0 aliphatic carbocycles. The molecule has 0 heteroatoms. The Bertz CT molecular complexity index is 408. The van der Waals surface area contributed by atoms with Crippen molar-refractivity contribution < 1.29 is 0 Å². The molecule has 2 aromatic rings. The van der Waals surface area contributed by atoms with Gasteiger partial charge in [0.2, 0.25) is 0 Å². The van der Waals surface area contributed by atoms with Gasteiger partial charge in [0.15, 0.2) is 0 Å². The summed E-state index contributed by atoms with van der Waals surface area (Å²) in [6.45, 7) is 8.60. The molecule has 2 aromatic carbocycles. The van der Waals surface area contributed by atoms with Gasteiger partial charge < -0.3 is 0 Å². The van der Waals surface area contributed by atoms with Crippen LogP contribution in [0.2, 0.25) is 0 Å². The summed E-state index contributed by atoms with van der Waals surface area (Å²) in [4.78, 5) is 0. The summed E-state index contributed by atoms with van der Waals surface area (Å²) in [5, 5.41) is 0. The van der Waals surface area contributed by atoms with E-state index in [1.54, 1.807) is 0 Å². The number of hydrogen-bond acceptors (Lipinski definition) is 0. The number of rotatable bonds is 2. The molecule has 0 radical (unpaired) electrons. The fraction of sp³-hybridized carbons (Fsp3) is 0.333. The summed E-state index contributed by atoms with van der Waals surface area (Å²) in [6.07, 6.45) is 2.29. The highest BCUT2D eigenvalue weighted by molar-refractivity contribution is 5.23. The molecule has 0 aromatic heterocycles. The molecule has 0 fully saturated rings.